The molecule has 7 nitrogen and oxygen atoms in total. The molecule has 0 unspecified atom stereocenters. The molecule has 0 saturated carbocycles. The molecule has 2 saturated heterocycles. The van der Waals surface area contributed by atoms with E-state index in [0.717, 1.165) is 52.1 Å². The van der Waals surface area contributed by atoms with Crippen molar-refractivity contribution in [2.24, 2.45) is 0 Å². The molecule has 3 aromatic heterocycles. The molecule has 0 aliphatic carbocycles. The first-order chi connectivity index (χ1) is 16.5. The number of aromatic nitrogens is 4. The fourth-order valence-corrected chi connectivity index (χ4v) is 5.59. The molecule has 2 aliphatic heterocycles. The summed E-state index contributed by atoms with van der Waals surface area (Å²) in [6, 6.07) is 9.29. The summed E-state index contributed by atoms with van der Waals surface area (Å²) in [5.41, 5.74) is 7.50. The molecule has 6 rings (SSSR count). The van der Waals surface area contributed by atoms with Crippen LogP contribution in [-0.4, -0.2) is 81.7 Å². The topological polar surface area (TPSA) is 52.8 Å². The van der Waals surface area contributed by atoms with E-state index in [1.54, 1.807) is 0 Å². The van der Waals surface area contributed by atoms with E-state index in [9.17, 15) is 0 Å². The van der Waals surface area contributed by atoms with Gasteiger partial charge < -0.3 is 9.80 Å². The van der Waals surface area contributed by atoms with Gasteiger partial charge >= 0.3 is 0 Å². The molecular weight excluding hydrogens is 422 g/mol. The number of pyridine rings is 1. The van der Waals surface area contributed by atoms with Crippen molar-refractivity contribution in [2.75, 3.05) is 51.2 Å². The van der Waals surface area contributed by atoms with Crippen molar-refractivity contribution in [3.63, 3.8) is 0 Å². The van der Waals surface area contributed by atoms with Crippen LogP contribution in [0.4, 0.5) is 5.69 Å². The minimum atomic E-state index is 0.713. The van der Waals surface area contributed by atoms with Gasteiger partial charge in [-0.1, -0.05) is 11.6 Å². The Kier molecular flexibility index (Phi) is 5.46. The van der Waals surface area contributed by atoms with Crippen LogP contribution in [0.2, 0.25) is 0 Å². The molecule has 2 aliphatic rings. The molecule has 176 valence electrons. The fraction of sp³-hybridized carbons (Fsp3) is 0.444. The molecule has 34 heavy (non-hydrogen) atoms. The number of hydrogen-bond acceptors (Lipinski definition) is 6. The highest BCUT2D eigenvalue weighted by Crippen LogP contribution is 2.32. The van der Waals surface area contributed by atoms with E-state index in [1.807, 2.05) is 23.8 Å². The second kappa shape index (κ2) is 8.64. The van der Waals surface area contributed by atoms with E-state index < -0.39 is 0 Å². The van der Waals surface area contributed by atoms with Crippen molar-refractivity contribution in [3.05, 3.63) is 54.1 Å². The van der Waals surface area contributed by atoms with Gasteiger partial charge in [0.2, 0.25) is 0 Å². The summed E-state index contributed by atoms with van der Waals surface area (Å²) in [5.74, 6) is 0. The Bertz CT molecular complexity index is 1330. The number of benzene rings is 1. The van der Waals surface area contributed by atoms with Crippen molar-refractivity contribution in [1.82, 2.24) is 29.4 Å². The predicted octanol–water partition coefficient (Wildman–Crippen LogP) is 3.78. The molecule has 0 bridgehead atoms. The minimum absolute atomic E-state index is 0.713. The van der Waals surface area contributed by atoms with Crippen LogP contribution in [-0.2, 0) is 0 Å². The van der Waals surface area contributed by atoms with Crippen LogP contribution in [0.15, 0.2) is 42.9 Å². The third-order valence-electron chi connectivity index (χ3n) is 7.61. The highest BCUT2D eigenvalue weighted by Gasteiger charge is 2.27. The largest absolute Gasteiger partial charge is 0.369 e. The molecule has 7 heteroatoms. The molecule has 0 N–H and O–H groups in total. The Hall–Kier alpha value is -3.03. The zero-order chi connectivity index (χ0) is 23.2. The number of hydrogen-bond donors (Lipinski definition) is 0. The summed E-state index contributed by atoms with van der Waals surface area (Å²) in [6.45, 7) is 11.1. The first-order valence-electron chi connectivity index (χ1n) is 12.4. The number of piperidine rings is 1. The first-order valence-corrected chi connectivity index (χ1v) is 12.4. The van der Waals surface area contributed by atoms with Crippen LogP contribution >= 0.6 is 0 Å². The maximum absolute atomic E-state index is 4.89. The lowest BCUT2D eigenvalue weighted by atomic mass is 10.0. The smallest absolute Gasteiger partial charge is 0.162 e. The Labute approximate surface area is 201 Å². The average Bonchev–Trinajstić information content (AvgIpc) is 3.27. The Morgan fingerprint density at radius 2 is 1.68 bits per heavy atom. The summed E-state index contributed by atoms with van der Waals surface area (Å²) in [4.78, 5) is 17.2. The van der Waals surface area contributed by atoms with Crippen LogP contribution in [0, 0.1) is 13.8 Å². The summed E-state index contributed by atoms with van der Waals surface area (Å²) in [7, 11) is 2.23. The van der Waals surface area contributed by atoms with Gasteiger partial charge in [-0.2, -0.15) is 5.10 Å². The number of piperazine rings is 1. The standard InChI is InChI=1S/C27H33N7/c1-19-4-5-26-24(14-19)23(15-20(2)30-26)25-17-29-34-18-22(16-28-27(25)34)32-8-6-21(7-9-32)33-12-10-31(3)11-13-33/h4-5,14-18,21H,6-13H2,1-3H3. The molecule has 0 radical (unpaired) electrons. The molecule has 0 amide bonds. The molecule has 2 fully saturated rings. The van der Waals surface area contributed by atoms with Gasteiger partial charge in [0.05, 0.1) is 29.8 Å². The average molecular weight is 456 g/mol. The normalized spacial score (nSPS) is 18.9. The summed E-state index contributed by atoms with van der Waals surface area (Å²) in [6.07, 6.45) is 8.55. The maximum atomic E-state index is 4.89. The van der Waals surface area contributed by atoms with Crippen molar-refractivity contribution in [3.8, 4) is 11.1 Å². The monoisotopic (exact) mass is 455 g/mol. The van der Waals surface area contributed by atoms with E-state index in [4.69, 9.17) is 15.1 Å². The van der Waals surface area contributed by atoms with Gasteiger partial charge in [0.25, 0.3) is 0 Å². The lowest BCUT2D eigenvalue weighted by Gasteiger charge is -2.42. The molecule has 4 aromatic rings. The predicted molar refractivity (Wildman–Crippen MR) is 138 cm³/mol. The molecule has 5 heterocycles. The first kappa shape index (κ1) is 21.5. The Morgan fingerprint density at radius 3 is 2.47 bits per heavy atom. The lowest BCUT2D eigenvalue weighted by molar-refractivity contribution is 0.0982. The van der Waals surface area contributed by atoms with E-state index in [1.165, 1.54) is 44.6 Å². The summed E-state index contributed by atoms with van der Waals surface area (Å²) >= 11 is 0. The van der Waals surface area contributed by atoms with Crippen LogP contribution in [0.1, 0.15) is 24.1 Å². The van der Waals surface area contributed by atoms with E-state index in [0.29, 0.717) is 6.04 Å². The third-order valence-corrected chi connectivity index (χ3v) is 7.61. The minimum Gasteiger partial charge on any atom is -0.369 e. The van der Waals surface area contributed by atoms with Gasteiger partial charge in [-0.3, -0.25) is 9.88 Å². The van der Waals surface area contributed by atoms with Gasteiger partial charge in [0, 0.05) is 62.0 Å². The van der Waals surface area contributed by atoms with Crippen LogP contribution in [0.5, 0.6) is 0 Å². The maximum Gasteiger partial charge on any atom is 0.162 e. The van der Waals surface area contributed by atoms with Crippen LogP contribution in [0.25, 0.3) is 27.7 Å². The van der Waals surface area contributed by atoms with E-state index in [-0.39, 0.29) is 0 Å². The van der Waals surface area contributed by atoms with E-state index in [2.05, 4.69) is 59.1 Å². The number of rotatable bonds is 3. The quantitative estimate of drug-likeness (QED) is 0.469. The summed E-state index contributed by atoms with van der Waals surface area (Å²) in [5, 5.41) is 5.85. The molecule has 1 aromatic carbocycles. The number of anilines is 1. The number of aryl methyl sites for hydroxylation is 2. The molecule has 0 atom stereocenters. The van der Waals surface area contributed by atoms with Crippen molar-refractivity contribution >= 4 is 22.2 Å². The highest BCUT2D eigenvalue weighted by molar-refractivity contribution is 5.98. The third kappa shape index (κ3) is 3.93. The van der Waals surface area contributed by atoms with Crippen molar-refractivity contribution in [2.45, 2.75) is 32.7 Å². The zero-order valence-electron chi connectivity index (χ0n) is 20.4. The van der Waals surface area contributed by atoms with Gasteiger partial charge in [0.15, 0.2) is 5.65 Å². The number of fused-ring (bicyclic) bond motifs is 2. The number of nitrogens with zero attached hydrogens (tertiary/aromatic N) is 7. The fourth-order valence-electron chi connectivity index (χ4n) is 5.59. The van der Waals surface area contributed by atoms with E-state index >= 15 is 0 Å². The van der Waals surface area contributed by atoms with Gasteiger partial charge in [-0.05, 0) is 57.5 Å². The van der Waals surface area contributed by atoms with Gasteiger partial charge in [-0.15, -0.1) is 0 Å². The molecule has 0 spiro atoms. The Morgan fingerprint density at radius 1 is 0.882 bits per heavy atom. The molecular formula is C27H33N7. The van der Waals surface area contributed by atoms with Gasteiger partial charge in [-0.25, -0.2) is 9.50 Å². The van der Waals surface area contributed by atoms with Crippen molar-refractivity contribution in [1.29, 1.82) is 0 Å². The van der Waals surface area contributed by atoms with Crippen molar-refractivity contribution < 1.29 is 0 Å². The SMILES string of the molecule is Cc1ccc2nc(C)cc(-c3cnn4cc(N5CCC(N6CCN(C)CC6)CC5)cnc34)c2c1. The van der Waals surface area contributed by atoms with Gasteiger partial charge in [0.1, 0.15) is 0 Å². The second-order valence-electron chi connectivity index (χ2n) is 10.0. The van der Waals surface area contributed by atoms with Crippen LogP contribution in [0.3, 0.4) is 0 Å². The second-order valence-corrected chi connectivity index (χ2v) is 10.0. The van der Waals surface area contributed by atoms with Crippen LogP contribution < -0.4 is 4.90 Å². The highest BCUT2D eigenvalue weighted by atomic mass is 15.3. The summed E-state index contributed by atoms with van der Waals surface area (Å²) < 4.78 is 1.94. The lowest BCUT2D eigenvalue weighted by Crippen LogP contribution is -2.52. The number of likely N-dealkylation sites (N-methyl/N-ethyl adjacent to an activating group) is 1. The Balaban J connectivity index is 1.25. The zero-order valence-corrected chi connectivity index (χ0v) is 20.4.